The van der Waals surface area contributed by atoms with Gasteiger partial charge in [-0.05, 0) is 23.3 Å². The average molecular weight is 406 g/mol. The van der Waals surface area contributed by atoms with Gasteiger partial charge in [-0.25, -0.2) is 14.1 Å². The van der Waals surface area contributed by atoms with Crippen LogP contribution in [0.15, 0.2) is 97.6 Å². The highest BCUT2D eigenvalue weighted by atomic mass is 14.9. The number of hydrogen-bond donors (Lipinski definition) is 0. The van der Waals surface area contributed by atoms with Crippen molar-refractivity contribution in [2.24, 2.45) is 0 Å². The van der Waals surface area contributed by atoms with Crippen molar-refractivity contribution in [3.63, 3.8) is 0 Å². The molecule has 0 unspecified atom stereocenters. The van der Waals surface area contributed by atoms with E-state index in [0.717, 1.165) is 24.1 Å². The molecule has 0 aliphatic carbocycles. The second-order valence-electron chi connectivity index (χ2n) is 8.06. The highest BCUT2D eigenvalue weighted by Crippen LogP contribution is 2.26. The Morgan fingerprint density at radius 2 is 1.16 bits per heavy atom. The van der Waals surface area contributed by atoms with E-state index in [2.05, 4.69) is 114 Å². The van der Waals surface area contributed by atoms with Gasteiger partial charge in [-0.1, -0.05) is 49.7 Å². The highest BCUT2D eigenvalue weighted by Gasteiger charge is 2.13. The number of nitrogens with zero attached hydrogens (tertiary/aromatic N) is 3. The van der Waals surface area contributed by atoms with E-state index < -0.39 is 0 Å². The van der Waals surface area contributed by atoms with Gasteiger partial charge in [0.25, 0.3) is 0 Å². The summed E-state index contributed by atoms with van der Waals surface area (Å²) in [5, 5.41) is 2.44. The molecule has 0 saturated carbocycles. The Morgan fingerprint density at radius 3 is 1.71 bits per heavy atom. The third-order valence-corrected chi connectivity index (χ3v) is 5.93. The van der Waals surface area contributed by atoms with Gasteiger partial charge in [0, 0.05) is 47.0 Å². The number of aromatic nitrogens is 3. The topological polar surface area (TPSA) is 20.6 Å². The fourth-order valence-corrected chi connectivity index (χ4v) is 4.18. The molecule has 0 bridgehead atoms. The number of pyridine rings is 3. The van der Waals surface area contributed by atoms with E-state index in [-0.39, 0.29) is 0 Å². The van der Waals surface area contributed by atoms with Crippen LogP contribution in [0.25, 0.3) is 32.9 Å². The number of benzene rings is 2. The van der Waals surface area contributed by atoms with E-state index >= 15 is 0 Å². The zero-order valence-electron chi connectivity index (χ0n) is 17.9. The maximum absolute atomic E-state index is 4.85. The Bertz CT molecular complexity index is 1270. The SMILES string of the molecule is CCCC[n+]1ccc(-c2cc[n+](Cc3c4ccccc4nc4ccccc34)cc2)cc1. The van der Waals surface area contributed by atoms with Crippen molar-refractivity contribution >= 4 is 21.8 Å². The molecule has 0 atom stereocenters. The van der Waals surface area contributed by atoms with Crippen molar-refractivity contribution in [2.75, 3.05) is 0 Å². The van der Waals surface area contributed by atoms with E-state index in [1.165, 1.54) is 40.3 Å². The molecule has 0 fully saturated rings. The Kier molecular flexibility index (Phi) is 5.40. The van der Waals surface area contributed by atoms with Gasteiger partial charge < -0.3 is 0 Å². The van der Waals surface area contributed by atoms with Gasteiger partial charge >= 0.3 is 0 Å². The molecule has 152 valence electrons. The normalized spacial score (nSPS) is 11.3. The van der Waals surface area contributed by atoms with Crippen molar-refractivity contribution in [3.05, 3.63) is 103 Å². The summed E-state index contributed by atoms with van der Waals surface area (Å²) in [5.74, 6) is 0. The molecule has 31 heavy (non-hydrogen) atoms. The van der Waals surface area contributed by atoms with Crippen LogP contribution in [0.2, 0.25) is 0 Å². The van der Waals surface area contributed by atoms with Crippen molar-refractivity contribution in [3.8, 4) is 11.1 Å². The minimum Gasteiger partial charge on any atom is -0.248 e. The third kappa shape index (κ3) is 4.04. The van der Waals surface area contributed by atoms with E-state index in [9.17, 15) is 0 Å². The van der Waals surface area contributed by atoms with Crippen molar-refractivity contribution in [2.45, 2.75) is 32.9 Å². The molecule has 3 aromatic heterocycles. The number of aryl methyl sites for hydroxylation is 1. The van der Waals surface area contributed by atoms with Gasteiger partial charge in [0.2, 0.25) is 0 Å². The van der Waals surface area contributed by atoms with Crippen LogP contribution in [0.1, 0.15) is 25.3 Å². The zero-order chi connectivity index (χ0) is 21.0. The number of para-hydroxylation sites is 2. The van der Waals surface area contributed by atoms with Crippen LogP contribution in [-0.4, -0.2) is 4.98 Å². The van der Waals surface area contributed by atoms with Crippen molar-refractivity contribution < 1.29 is 9.13 Å². The predicted molar refractivity (Wildman–Crippen MR) is 126 cm³/mol. The van der Waals surface area contributed by atoms with Gasteiger partial charge in [-0.2, -0.15) is 0 Å². The van der Waals surface area contributed by atoms with Crippen LogP contribution < -0.4 is 9.13 Å². The average Bonchev–Trinajstić information content (AvgIpc) is 2.83. The monoisotopic (exact) mass is 405 g/mol. The molecule has 0 saturated heterocycles. The first-order chi connectivity index (χ1) is 15.3. The first kappa shape index (κ1) is 19.4. The maximum Gasteiger partial charge on any atom is 0.175 e. The van der Waals surface area contributed by atoms with E-state index in [1.807, 2.05) is 0 Å². The molecule has 5 aromatic rings. The van der Waals surface area contributed by atoms with Crippen molar-refractivity contribution in [1.82, 2.24) is 4.98 Å². The minimum atomic E-state index is 0.815. The Hall–Kier alpha value is -3.59. The maximum atomic E-state index is 4.85. The lowest BCUT2D eigenvalue weighted by atomic mass is 10.0. The summed E-state index contributed by atoms with van der Waals surface area (Å²) >= 11 is 0. The molecule has 0 aliphatic rings. The second-order valence-corrected chi connectivity index (χ2v) is 8.06. The molecule has 0 aliphatic heterocycles. The van der Waals surface area contributed by atoms with Crippen LogP contribution in [0.4, 0.5) is 0 Å². The van der Waals surface area contributed by atoms with Gasteiger partial charge in [-0.15, -0.1) is 0 Å². The second kappa shape index (κ2) is 8.65. The quantitative estimate of drug-likeness (QED) is 0.271. The standard InChI is InChI=1S/C28H27N3/c1-2-3-16-30-17-12-22(13-18-30)23-14-19-31(20-15-23)21-26-24-8-4-6-10-27(24)29-28-11-7-5-9-25(26)28/h4-15,17-20H,2-3,16,21H2,1H3/q+2. The first-order valence-electron chi connectivity index (χ1n) is 11.1. The van der Waals surface area contributed by atoms with Gasteiger partial charge in [0.05, 0.1) is 11.0 Å². The first-order valence-corrected chi connectivity index (χ1v) is 11.1. The fourth-order valence-electron chi connectivity index (χ4n) is 4.18. The smallest absolute Gasteiger partial charge is 0.175 e. The van der Waals surface area contributed by atoms with Gasteiger partial charge in [0.15, 0.2) is 31.3 Å². The zero-order valence-corrected chi connectivity index (χ0v) is 17.9. The number of fused-ring (bicyclic) bond motifs is 2. The van der Waals surface area contributed by atoms with Crippen LogP contribution >= 0.6 is 0 Å². The summed E-state index contributed by atoms with van der Waals surface area (Å²) in [6.45, 7) is 4.13. The molecule has 5 rings (SSSR count). The van der Waals surface area contributed by atoms with Crippen LogP contribution in [0.3, 0.4) is 0 Å². The lowest BCUT2D eigenvalue weighted by molar-refractivity contribution is -0.697. The summed E-state index contributed by atoms with van der Waals surface area (Å²) in [6.07, 6.45) is 11.2. The predicted octanol–water partition coefficient (Wildman–Crippen LogP) is 5.48. The summed E-state index contributed by atoms with van der Waals surface area (Å²) in [4.78, 5) is 4.85. The minimum absolute atomic E-state index is 0.815. The molecule has 0 spiro atoms. The molecule has 3 heteroatoms. The van der Waals surface area contributed by atoms with E-state index in [0.29, 0.717) is 0 Å². The number of hydrogen-bond acceptors (Lipinski definition) is 1. The summed E-state index contributed by atoms with van der Waals surface area (Å²) in [5.41, 5.74) is 5.90. The van der Waals surface area contributed by atoms with E-state index in [4.69, 9.17) is 4.98 Å². The molecule has 3 nitrogen and oxygen atoms in total. The number of unbranched alkanes of at least 4 members (excludes halogenated alkanes) is 1. The largest absolute Gasteiger partial charge is 0.248 e. The fraction of sp³-hybridized carbons (Fsp3) is 0.179. The van der Waals surface area contributed by atoms with E-state index in [1.54, 1.807) is 0 Å². The van der Waals surface area contributed by atoms with Gasteiger partial charge in [0.1, 0.15) is 6.54 Å². The summed E-state index contributed by atoms with van der Waals surface area (Å²) < 4.78 is 4.51. The highest BCUT2D eigenvalue weighted by molar-refractivity contribution is 5.97. The third-order valence-electron chi connectivity index (χ3n) is 5.93. The molecule has 3 heterocycles. The summed E-state index contributed by atoms with van der Waals surface area (Å²) in [6, 6.07) is 25.7. The molecular formula is C28H27N3+2. The summed E-state index contributed by atoms with van der Waals surface area (Å²) in [7, 11) is 0. The number of rotatable bonds is 6. The Balaban J connectivity index is 1.45. The molecular weight excluding hydrogens is 378 g/mol. The van der Waals surface area contributed by atoms with Gasteiger partial charge in [-0.3, -0.25) is 0 Å². The molecule has 2 aromatic carbocycles. The van der Waals surface area contributed by atoms with Crippen LogP contribution in [0.5, 0.6) is 0 Å². The molecule has 0 amide bonds. The Labute approximate surface area is 183 Å². The van der Waals surface area contributed by atoms with Crippen molar-refractivity contribution in [1.29, 1.82) is 0 Å². The lowest BCUT2D eigenvalue weighted by Crippen LogP contribution is -2.33. The molecule has 0 radical (unpaired) electrons. The Morgan fingerprint density at radius 1 is 0.645 bits per heavy atom. The lowest BCUT2D eigenvalue weighted by Gasteiger charge is -2.09. The van der Waals surface area contributed by atoms with Crippen LogP contribution in [-0.2, 0) is 13.1 Å². The molecule has 0 N–H and O–H groups in total. The van der Waals surface area contributed by atoms with Crippen LogP contribution in [0, 0.1) is 0 Å².